The molecule has 2 aromatic heterocycles. The van der Waals surface area contributed by atoms with E-state index in [0.717, 1.165) is 5.82 Å². The molecule has 0 saturated heterocycles. The first-order valence-corrected chi connectivity index (χ1v) is 7.21. The number of rotatable bonds is 1. The highest BCUT2D eigenvalue weighted by atomic mass is 32.1. The van der Waals surface area contributed by atoms with Crippen molar-refractivity contribution in [1.29, 1.82) is 0 Å². The lowest BCUT2D eigenvalue weighted by molar-refractivity contribution is 0.712. The second-order valence-electron chi connectivity index (χ2n) is 4.53. The molecule has 0 saturated carbocycles. The van der Waals surface area contributed by atoms with Crippen LogP contribution < -0.4 is 0 Å². The number of thiophene rings is 1. The Kier molecular flexibility index (Phi) is 2.88. The van der Waals surface area contributed by atoms with Crippen LogP contribution in [0.25, 0.3) is 10.7 Å². The van der Waals surface area contributed by atoms with Crippen molar-refractivity contribution < 1.29 is 0 Å². The smallest absolute Gasteiger partial charge is 0.195 e. The topological polar surface area (TPSA) is 33.6 Å². The lowest BCUT2D eigenvalue weighted by atomic mass is 10.1. The normalized spacial score (nSPS) is 15.6. The Labute approximate surface area is 109 Å². The van der Waals surface area contributed by atoms with Crippen molar-refractivity contribution in [3.8, 4) is 10.7 Å². The molecule has 1 aliphatic rings. The molecule has 0 unspecified atom stereocenters. The van der Waals surface area contributed by atoms with Gasteiger partial charge >= 0.3 is 0 Å². The van der Waals surface area contributed by atoms with Gasteiger partial charge in [-0.15, -0.1) is 11.3 Å². The van der Waals surface area contributed by atoms with E-state index in [1.165, 1.54) is 42.5 Å². The van der Waals surface area contributed by atoms with E-state index in [9.17, 15) is 0 Å². The second-order valence-corrected chi connectivity index (χ2v) is 6.05. The van der Waals surface area contributed by atoms with E-state index in [1.54, 1.807) is 4.88 Å². The molecule has 2 heterocycles. The molecule has 0 aromatic carbocycles. The molecule has 0 spiro atoms. The molecule has 2 aromatic rings. The van der Waals surface area contributed by atoms with Crippen molar-refractivity contribution in [2.24, 2.45) is 7.05 Å². The number of aryl methyl sites for hydroxylation is 2. The van der Waals surface area contributed by atoms with Crippen LogP contribution in [0.15, 0.2) is 6.07 Å². The Morgan fingerprint density at radius 3 is 2.94 bits per heavy atom. The Morgan fingerprint density at radius 1 is 1.35 bits per heavy atom. The van der Waals surface area contributed by atoms with Gasteiger partial charge in [0.05, 0.1) is 4.88 Å². The number of aromatic amines is 1. The molecule has 0 atom stereocenters. The first kappa shape index (κ1) is 11.2. The van der Waals surface area contributed by atoms with Crippen molar-refractivity contribution in [2.45, 2.75) is 32.1 Å². The quantitative estimate of drug-likeness (QED) is 0.632. The first-order chi connectivity index (χ1) is 8.25. The van der Waals surface area contributed by atoms with Crippen molar-refractivity contribution in [3.05, 3.63) is 21.3 Å². The van der Waals surface area contributed by atoms with Crippen molar-refractivity contribution in [2.75, 3.05) is 0 Å². The zero-order valence-corrected chi connectivity index (χ0v) is 11.5. The molecule has 1 N–H and O–H groups in total. The molecular formula is C12H15N3S2. The zero-order valence-electron chi connectivity index (χ0n) is 9.82. The predicted octanol–water partition coefficient (Wildman–Crippen LogP) is 3.48. The van der Waals surface area contributed by atoms with E-state index >= 15 is 0 Å². The lowest BCUT2D eigenvalue weighted by Gasteiger charge is -1.96. The number of H-pyrrole nitrogens is 1. The molecule has 90 valence electrons. The third kappa shape index (κ3) is 1.98. The summed E-state index contributed by atoms with van der Waals surface area (Å²) in [6.45, 7) is 0. The van der Waals surface area contributed by atoms with Gasteiger partial charge in [0.2, 0.25) is 0 Å². The summed E-state index contributed by atoms with van der Waals surface area (Å²) in [6, 6.07) is 2.30. The number of hydrogen-bond donors (Lipinski definition) is 1. The maximum absolute atomic E-state index is 5.15. The van der Waals surface area contributed by atoms with Crippen LogP contribution >= 0.6 is 23.6 Å². The van der Waals surface area contributed by atoms with Crippen LogP contribution in [0, 0.1) is 4.77 Å². The average Bonchev–Trinajstić information content (AvgIpc) is 2.78. The minimum absolute atomic E-state index is 0.684. The van der Waals surface area contributed by atoms with Crippen LogP contribution in [0.2, 0.25) is 0 Å². The summed E-state index contributed by atoms with van der Waals surface area (Å²) in [5.74, 6) is 0.966. The van der Waals surface area contributed by atoms with E-state index in [0.29, 0.717) is 4.77 Å². The fourth-order valence-corrected chi connectivity index (χ4v) is 3.76. The minimum Gasteiger partial charge on any atom is -0.303 e. The lowest BCUT2D eigenvalue weighted by Crippen LogP contribution is -1.90. The van der Waals surface area contributed by atoms with E-state index < -0.39 is 0 Å². The largest absolute Gasteiger partial charge is 0.303 e. The van der Waals surface area contributed by atoms with Gasteiger partial charge in [0.25, 0.3) is 0 Å². The highest BCUT2D eigenvalue weighted by Crippen LogP contribution is 2.34. The summed E-state index contributed by atoms with van der Waals surface area (Å²) in [6.07, 6.45) is 6.47. The van der Waals surface area contributed by atoms with Gasteiger partial charge in [-0.2, -0.15) is 5.10 Å². The molecule has 3 rings (SSSR count). The number of aromatic nitrogens is 3. The second kappa shape index (κ2) is 4.38. The summed E-state index contributed by atoms with van der Waals surface area (Å²) in [7, 11) is 1.96. The summed E-state index contributed by atoms with van der Waals surface area (Å²) < 4.78 is 2.63. The Balaban J connectivity index is 2.05. The highest BCUT2D eigenvalue weighted by Gasteiger charge is 2.15. The third-order valence-corrected chi connectivity index (χ3v) is 4.94. The summed E-state index contributed by atoms with van der Waals surface area (Å²) in [5.41, 5.74) is 1.52. The molecular weight excluding hydrogens is 250 g/mol. The van der Waals surface area contributed by atoms with Crippen molar-refractivity contribution >= 4 is 23.6 Å². The molecule has 0 fully saturated rings. The van der Waals surface area contributed by atoms with Crippen LogP contribution in [0.1, 0.15) is 29.7 Å². The fraction of sp³-hybridized carbons (Fsp3) is 0.500. The van der Waals surface area contributed by atoms with E-state index in [-0.39, 0.29) is 0 Å². The SMILES string of the molecule is Cn1c(-c2cc3c(s2)CCCCC3)n[nH]c1=S. The van der Waals surface area contributed by atoms with Crippen molar-refractivity contribution in [1.82, 2.24) is 14.8 Å². The zero-order chi connectivity index (χ0) is 11.8. The molecule has 17 heavy (non-hydrogen) atoms. The van der Waals surface area contributed by atoms with Gasteiger partial charge in [0.1, 0.15) is 0 Å². The minimum atomic E-state index is 0.684. The van der Waals surface area contributed by atoms with Gasteiger partial charge in [0.15, 0.2) is 10.6 Å². The van der Waals surface area contributed by atoms with E-state index in [1.807, 2.05) is 23.0 Å². The molecule has 0 amide bonds. The Hall–Kier alpha value is -0.940. The van der Waals surface area contributed by atoms with Crippen molar-refractivity contribution in [3.63, 3.8) is 0 Å². The van der Waals surface area contributed by atoms with E-state index in [4.69, 9.17) is 12.2 Å². The molecule has 0 radical (unpaired) electrons. The molecule has 1 aliphatic carbocycles. The molecule has 5 heteroatoms. The maximum atomic E-state index is 5.15. The van der Waals surface area contributed by atoms with Gasteiger partial charge < -0.3 is 4.57 Å². The molecule has 3 nitrogen and oxygen atoms in total. The Morgan fingerprint density at radius 2 is 2.18 bits per heavy atom. The van der Waals surface area contributed by atoms with Gasteiger partial charge in [-0.05, 0) is 49.5 Å². The van der Waals surface area contributed by atoms with Crippen LogP contribution in [-0.4, -0.2) is 14.8 Å². The van der Waals surface area contributed by atoms with Gasteiger partial charge in [-0.3, -0.25) is 5.10 Å². The first-order valence-electron chi connectivity index (χ1n) is 5.99. The molecule has 0 aliphatic heterocycles. The standard InChI is InChI=1S/C12H15N3S2/c1-15-11(13-14-12(15)16)10-7-8-5-3-2-4-6-9(8)17-10/h7H,2-6H2,1H3,(H,14,16). The summed E-state index contributed by atoms with van der Waals surface area (Å²) in [4.78, 5) is 2.79. The van der Waals surface area contributed by atoms with Crippen LogP contribution in [0.5, 0.6) is 0 Å². The predicted molar refractivity (Wildman–Crippen MR) is 73.0 cm³/mol. The average molecular weight is 265 g/mol. The molecule has 0 bridgehead atoms. The van der Waals surface area contributed by atoms with Gasteiger partial charge in [0, 0.05) is 11.9 Å². The number of nitrogens with zero attached hydrogens (tertiary/aromatic N) is 2. The maximum Gasteiger partial charge on any atom is 0.195 e. The van der Waals surface area contributed by atoms with E-state index in [2.05, 4.69) is 16.3 Å². The van der Waals surface area contributed by atoms with Gasteiger partial charge in [-0.25, -0.2) is 0 Å². The fourth-order valence-electron chi connectivity index (χ4n) is 2.34. The monoisotopic (exact) mass is 265 g/mol. The van der Waals surface area contributed by atoms with Crippen LogP contribution in [-0.2, 0) is 19.9 Å². The summed E-state index contributed by atoms with van der Waals surface area (Å²) in [5, 5.41) is 7.16. The highest BCUT2D eigenvalue weighted by molar-refractivity contribution is 7.71. The Bertz CT molecular complexity index is 568. The number of fused-ring (bicyclic) bond motifs is 1. The summed E-state index contributed by atoms with van der Waals surface area (Å²) >= 11 is 7.03. The van der Waals surface area contributed by atoms with Crippen LogP contribution in [0.4, 0.5) is 0 Å². The van der Waals surface area contributed by atoms with Gasteiger partial charge in [-0.1, -0.05) is 6.42 Å². The number of nitrogens with one attached hydrogen (secondary N) is 1. The van der Waals surface area contributed by atoms with Crippen LogP contribution in [0.3, 0.4) is 0 Å². The third-order valence-electron chi connectivity index (χ3n) is 3.35. The number of hydrogen-bond acceptors (Lipinski definition) is 3.